The molecule has 12 nitrogen and oxygen atoms in total. The van der Waals surface area contributed by atoms with Gasteiger partial charge in [-0.25, -0.2) is 13.2 Å². The van der Waals surface area contributed by atoms with Crippen LogP contribution in [0, 0.1) is 10.8 Å². The maximum atomic E-state index is 14.6. The maximum Gasteiger partial charge on any atom is 0.315 e. The van der Waals surface area contributed by atoms with Gasteiger partial charge < -0.3 is 26.2 Å². The Morgan fingerprint density at radius 3 is 2.08 bits per heavy atom. The Bertz CT molecular complexity index is 1420. The number of halogens is 2. The first-order valence-electron chi connectivity index (χ1n) is 18.3. The number of ketones is 1. The summed E-state index contributed by atoms with van der Waals surface area (Å²) < 4.78 is 24.7. The molecule has 2 aliphatic carbocycles. The molecule has 4 aliphatic rings. The van der Waals surface area contributed by atoms with Crippen molar-refractivity contribution in [3.05, 3.63) is 0 Å². The Balaban J connectivity index is 1.61. The van der Waals surface area contributed by atoms with Gasteiger partial charge in [0.05, 0.1) is 22.6 Å². The van der Waals surface area contributed by atoms with Crippen molar-refractivity contribution >= 4 is 62.6 Å². The number of alkyl halides is 2. The first-order chi connectivity index (χ1) is 23.2. The molecule has 2 heterocycles. The maximum absolute atomic E-state index is 14.6. The van der Waals surface area contributed by atoms with E-state index in [9.17, 15) is 32.4 Å². The molecule has 4 rings (SSSR count). The van der Waals surface area contributed by atoms with E-state index in [0.29, 0.717) is 32.1 Å². The van der Waals surface area contributed by atoms with Crippen molar-refractivity contribution < 1.29 is 32.4 Å². The average Bonchev–Trinajstić information content (AvgIpc) is 3.64. The van der Waals surface area contributed by atoms with Crippen molar-refractivity contribution in [2.75, 3.05) is 12.3 Å². The monoisotopic (exact) mass is 761 g/mol. The molecule has 2 unspecified atom stereocenters. The average molecular weight is 763 g/mol. The third kappa shape index (κ3) is 8.90. The Hall–Kier alpha value is -2.12. The van der Waals surface area contributed by atoms with Gasteiger partial charge in [-0.3, -0.25) is 19.2 Å². The highest BCUT2D eigenvalue weighted by atomic mass is 35.5. The molecule has 284 valence electrons. The molecule has 0 aromatic carbocycles. The zero-order valence-electron chi connectivity index (χ0n) is 30.5. The summed E-state index contributed by atoms with van der Waals surface area (Å²) in [7, 11) is -3.39. The zero-order valence-corrected chi connectivity index (χ0v) is 32.8. The standard InChI is InChI=1S/C35H57Cl2N5O7S/c1-7-8-13-23(25(43)28(44)38-22-15-16-22)39-29(45)27-33(5,34(6,36)37)19-20-42(27)30(46)26(32(2,3)4)40-31(47)41-35(17-10-9-11-18-35)24-14-12-21-50(24,48)49/h22-24,26-27H,7-21H2,1-6H3,(H,38,44)(H,39,45)(H2,40,41,47)/t23-,24?,26+,27+,33?/m0/s1. The van der Waals surface area contributed by atoms with Gasteiger partial charge in [0.25, 0.3) is 5.91 Å². The fraction of sp³-hybridized carbons (Fsp3) is 0.857. The summed E-state index contributed by atoms with van der Waals surface area (Å²) in [5, 5.41) is 10.7. The Labute approximate surface area is 307 Å². The molecule has 50 heavy (non-hydrogen) atoms. The Morgan fingerprint density at radius 1 is 0.920 bits per heavy atom. The first kappa shape index (κ1) is 40.6. The van der Waals surface area contributed by atoms with Crippen molar-refractivity contribution in [1.82, 2.24) is 26.2 Å². The third-order valence-corrected chi connectivity index (χ3v) is 14.7. The van der Waals surface area contributed by atoms with Crippen LogP contribution in [0.25, 0.3) is 0 Å². The number of rotatable bonds is 13. The first-order valence-corrected chi connectivity index (χ1v) is 20.8. The van der Waals surface area contributed by atoms with Gasteiger partial charge in [0.15, 0.2) is 9.84 Å². The fourth-order valence-electron chi connectivity index (χ4n) is 7.99. The second-order valence-corrected chi connectivity index (χ2v) is 20.4. The summed E-state index contributed by atoms with van der Waals surface area (Å²) >= 11 is 13.5. The van der Waals surface area contributed by atoms with Gasteiger partial charge in [-0.15, -0.1) is 23.2 Å². The molecule has 15 heteroatoms. The summed E-state index contributed by atoms with van der Waals surface area (Å²) in [5.41, 5.74) is -2.93. The lowest BCUT2D eigenvalue weighted by Crippen LogP contribution is -2.66. The van der Waals surface area contributed by atoms with E-state index < -0.39 is 83.5 Å². The number of urea groups is 1. The summed E-state index contributed by atoms with van der Waals surface area (Å²) in [6.45, 7) is 10.7. The molecular formula is C35H57Cl2N5O7S. The lowest BCUT2D eigenvalue weighted by Gasteiger charge is -2.44. The predicted octanol–water partition coefficient (Wildman–Crippen LogP) is 4.30. The highest BCUT2D eigenvalue weighted by Crippen LogP contribution is 2.51. The van der Waals surface area contributed by atoms with Gasteiger partial charge in [0, 0.05) is 18.0 Å². The van der Waals surface area contributed by atoms with Crippen LogP contribution >= 0.6 is 23.2 Å². The molecule has 0 spiro atoms. The minimum absolute atomic E-state index is 0.0389. The molecule has 0 bridgehead atoms. The number of amides is 5. The molecule has 4 fully saturated rings. The smallest absolute Gasteiger partial charge is 0.315 e. The summed E-state index contributed by atoms with van der Waals surface area (Å²) in [4.78, 5) is 70.1. The fourth-order valence-corrected chi connectivity index (χ4v) is 10.7. The SMILES string of the molecule is CCCC[C@H](NC(=O)[C@H]1N(C(=O)[C@@H](NC(=O)NC2(C3CCCS3(=O)=O)CCCCC2)C(C)(C)C)CCC1(C)C(C)(Cl)Cl)C(=O)C(=O)NC1CC1. The van der Waals surface area contributed by atoms with Crippen molar-refractivity contribution in [2.24, 2.45) is 10.8 Å². The predicted molar refractivity (Wildman–Crippen MR) is 193 cm³/mol. The number of likely N-dealkylation sites (tertiary alicyclic amines) is 1. The van der Waals surface area contributed by atoms with E-state index >= 15 is 0 Å². The molecule has 5 amide bonds. The molecule has 0 aromatic rings. The van der Waals surface area contributed by atoms with Crippen molar-refractivity contribution in [3.8, 4) is 0 Å². The van der Waals surface area contributed by atoms with Crippen LogP contribution in [-0.4, -0.2) is 94.4 Å². The molecular weight excluding hydrogens is 705 g/mol. The van der Waals surface area contributed by atoms with E-state index in [-0.39, 0.29) is 31.2 Å². The van der Waals surface area contributed by atoms with Crippen LogP contribution in [0.15, 0.2) is 0 Å². The van der Waals surface area contributed by atoms with Gasteiger partial charge in [0.1, 0.15) is 16.4 Å². The topological polar surface area (TPSA) is 171 Å². The number of carbonyl (C=O) groups excluding carboxylic acids is 5. The largest absolute Gasteiger partial charge is 0.347 e. The van der Waals surface area contributed by atoms with Crippen LogP contribution in [0.4, 0.5) is 4.79 Å². The number of hydrogen-bond acceptors (Lipinski definition) is 7. The van der Waals surface area contributed by atoms with Crippen LogP contribution in [0.5, 0.6) is 0 Å². The van der Waals surface area contributed by atoms with Crippen LogP contribution in [0.3, 0.4) is 0 Å². The van der Waals surface area contributed by atoms with E-state index in [4.69, 9.17) is 23.2 Å². The molecule has 5 atom stereocenters. The van der Waals surface area contributed by atoms with Crippen molar-refractivity contribution in [2.45, 2.75) is 164 Å². The second-order valence-electron chi connectivity index (χ2n) is 16.4. The molecule has 2 aliphatic heterocycles. The van der Waals surface area contributed by atoms with Crippen LogP contribution in [0.1, 0.15) is 125 Å². The van der Waals surface area contributed by atoms with Crippen molar-refractivity contribution in [1.29, 1.82) is 0 Å². The van der Waals surface area contributed by atoms with E-state index in [0.717, 1.165) is 38.5 Å². The molecule has 2 saturated carbocycles. The molecule has 2 saturated heterocycles. The van der Waals surface area contributed by atoms with E-state index in [1.54, 1.807) is 34.6 Å². The third-order valence-electron chi connectivity index (χ3n) is 11.4. The minimum Gasteiger partial charge on any atom is -0.347 e. The number of sulfone groups is 1. The van der Waals surface area contributed by atoms with Gasteiger partial charge in [-0.1, -0.05) is 66.7 Å². The number of Topliss-reactive ketones (excluding diaryl/α,β-unsaturated/α-hetero) is 1. The summed E-state index contributed by atoms with van der Waals surface area (Å²) in [6, 6.07) is -4.15. The second kappa shape index (κ2) is 15.5. The number of nitrogens with one attached hydrogen (secondary N) is 4. The van der Waals surface area contributed by atoms with Gasteiger partial charge >= 0.3 is 6.03 Å². The van der Waals surface area contributed by atoms with Gasteiger partial charge in [-0.2, -0.15) is 0 Å². The normalized spacial score (nSPS) is 27.6. The number of hydrogen-bond donors (Lipinski definition) is 4. The van der Waals surface area contributed by atoms with E-state index in [1.165, 1.54) is 4.90 Å². The Kier molecular flexibility index (Phi) is 12.6. The molecule has 0 radical (unpaired) electrons. The summed E-state index contributed by atoms with van der Waals surface area (Å²) in [5.74, 6) is -2.60. The zero-order chi connectivity index (χ0) is 37.3. The lowest BCUT2D eigenvalue weighted by molar-refractivity contribution is -0.146. The Morgan fingerprint density at radius 2 is 1.56 bits per heavy atom. The van der Waals surface area contributed by atoms with Crippen molar-refractivity contribution in [3.63, 3.8) is 0 Å². The number of nitrogens with zero attached hydrogens (tertiary/aromatic N) is 1. The van der Waals surface area contributed by atoms with Crippen LogP contribution < -0.4 is 21.3 Å². The summed E-state index contributed by atoms with van der Waals surface area (Å²) in [6.07, 6.45) is 8.02. The highest BCUT2D eigenvalue weighted by molar-refractivity contribution is 7.92. The highest BCUT2D eigenvalue weighted by Gasteiger charge is 2.59. The van der Waals surface area contributed by atoms with Crippen LogP contribution in [-0.2, 0) is 29.0 Å². The van der Waals surface area contributed by atoms with Crippen LogP contribution in [0.2, 0.25) is 0 Å². The van der Waals surface area contributed by atoms with E-state index in [2.05, 4.69) is 21.3 Å². The quantitative estimate of drug-likeness (QED) is 0.160. The lowest BCUT2D eigenvalue weighted by atomic mass is 9.77. The van der Waals surface area contributed by atoms with E-state index in [1.807, 2.05) is 6.92 Å². The number of carbonyl (C=O) groups is 5. The minimum atomic E-state index is -3.39. The molecule has 0 aromatic heterocycles. The molecule has 4 N–H and O–H groups in total. The van der Waals surface area contributed by atoms with Gasteiger partial charge in [0.2, 0.25) is 17.6 Å². The van der Waals surface area contributed by atoms with Gasteiger partial charge in [-0.05, 0) is 63.7 Å². The number of unbranched alkanes of at least 4 members (excludes halogenated alkanes) is 1.